The van der Waals surface area contributed by atoms with Crippen molar-refractivity contribution in [2.45, 2.75) is 38.8 Å². The third kappa shape index (κ3) is 3.87. The maximum atomic E-state index is 6.02. The molecule has 4 N–H and O–H groups in total. The first-order valence-corrected chi connectivity index (χ1v) is 7.41. The summed E-state index contributed by atoms with van der Waals surface area (Å²) in [5.74, 6) is 0.704. The van der Waals surface area contributed by atoms with Gasteiger partial charge in [0, 0.05) is 30.4 Å². The van der Waals surface area contributed by atoms with Gasteiger partial charge in [0.05, 0.1) is 12.7 Å². The number of nitrogen functional groups attached to an aromatic ring is 2. The lowest BCUT2D eigenvalue weighted by molar-refractivity contribution is -0.0576. The lowest BCUT2D eigenvalue weighted by Crippen LogP contribution is -2.48. The van der Waals surface area contributed by atoms with Crippen LogP contribution in [0, 0.1) is 5.92 Å². The molecule has 2 atom stereocenters. The van der Waals surface area contributed by atoms with Gasteiger partial charge < -0.3 is 16.2 Å². The molecule has 2 unspecified atom stereocenters. The van der Waals surface area contributed by atoms with Gasteiger partial charge in [-0.1, -0.05) is 19.9 Å². The van der Waals surface area contributed by atoms with Crippen LogP contribution >= 0.6 is 0 Å². The fourth-order valence-electron chi connectivity index (χ4n) is 2.86. The molecule has 0 radical (unpaired) electrons. The van der Waals surface area contributed by atoms with Gasteiger partial charge in [-0.25, -0.2) is 0 Å². The summed E-state index contributed by atoms with van der Waals surface area (Å²) >= 11 is 0. The molecule has 0 aliphatic carbocycles. The Kier molecular flexibility index (Phi) is 4.89. The Labute approximate surface area is 122 Å². The third-order valence-electron chi connectivity index (χ3n) is 4.00. The lowest BCUT2D eigenvalue weighted by atomic mass is 9.99. The van der Waals surface area contributed by atoms with Crippen LogP contribution in [0.15, 0.2) is 18.2 Å². The smallest absolute Gasteiger partial charge is 0.0743 e. The van der Waals surface area contributed by atoms with E-state index in [4.69, 9.17) is 16.2 Å². The van der Waals surface area contributed by atoms with Gasteiger partial charge in [-0.3, -0.25) is 4.90 Å². The summed E-state index contributed by atoms with van der Waals surface area (Å²) in [5, 5.41) is 0. The van der Waals surface area contributed by atoms with Crippen LogP contribution in [0.2, 0.25) is 0 Å². The number of nitrogens with zero attached hydrogens (tertiary/aromatic N) is 1. The Hall–Kier alpha value is -1.26. The van der Waals surface area contributed by atoms with Gasteiger partial charge in [-0.15, -0.1) is 0 Å². The summed E-state index contributed by atoms with van der Waals surface area (Å²) in [6, 6.07) is 6.27. The minimum Gasteiger partial charge on any atom is -0.399 e. The molecule has 4 nitrogen and oxygen atoms in total. The highest BCUT2D eigenvalue weighted by Crippen LogP contribution is 2.22. The Morgan fingerprint density at radius 1 is 1.35 bits per heavy atom. The second-order valence-corrected chi connectivity index (χ2v) is 6.34. The fourth-order valence-corrected chi connectivity index (χ4v) is 2.86. The van der Waals surface area contributed by atoms with Crippen LogP contribution in [-0.2, 0) is 11.2 Å². The summed E-state index contributed by atoms with van der Waals surface area (Å²) in [7, 11) is 2.19. The van der Waals surface area contributed by atoms with Crippen LogP contribution in [0.5, 0.6) is 0 Å². The van der Waals surface area contributed by atoms with E-state index < -0.39 is 0 Å². The zero-order valence-corrected chi connectivity index (χ0v) is 12.8. The van der Waals surface area contributed by atoms with Gasteiger partial charge in [-0.2, -0.15) is 0 Å². The number of hydrogen-bond donors (Lipinski definition) is 2. The Balaban J connectivity index is 1.93. The SMILES string of the molecule is CC(C)CC1COC(Cc2ccc(N)cc2N)CN1C. The van der Waals surface area contributed by atoms with Crippen LogP contribution < -0.4 is 11.5 Å². The summed E-state index contributed by atoms with van der Waals surface area (Å²) in [5.41, 5.74) is 14.3. The van der Waals surface area contributed by atoms with Gasteiger partial charge in [0.1, 0.15) is 0 Å². The van der Waals surface area contributed by atoms with Crippen LogP contribution in [0.4, 0.5) is 11.4 Å². The van der Waals surface area contributed by atoms with Gasteiger partial charge in [0.15, 0.2) is 0 Å². The molecule has 112 valence electrons. The van der Waals surface area contributed by atoms with E-state index in [1.807, 2.05) is 18.2 Å². The second-order valence-electron chi connectivity index (χ2n) is 6.34. The number of rotatable bonds is 4. The van der Waals surface area contributed by atoms with Crippen molar-refractivity contribution in [1.82, 2.24) is 4.90 Å². The summed E-state index contributed by atoms with van der Waals surface area (Å²) in [4.78, 5) is 2.42. The summed E-state index contributed by atoms with van der Waals surface area (Å²) in [6.07, 6.45) is 2.26. The molecular weight excluding hydrogens is 250 g/mol. The van der Waals surface area contributed by atoms with Crippen LogP contribution in [0.25, 0.3) is 0 Å². The zero-order valence-electron chi connectivity index (χ0n) is 12.8. The lowest BCUT2D eigenvalue weighted by Gasteiger charge is -2.38. The van der Waals surface area contributed by atoms with Gasteiger partial charge in [0.25, 0.3) is 0 Å². The Bertz CT molecular complexity index is 447. The van der Waals surface area contributed by atoms with E-state index in [1.165, 1.54) is 6.42 Å². The molecule has 1 fully saturated rings. The number of morpholine rings is 1. The fraction of sp³-hybridized carbons (Fsp3) is 0.625. The molecule has 2 rings (SSSR count). The van der Waals surface area contributed by atoms with Crippen molar-refractivity contribution in [3.63, 3.8) is 0 Å². The van der Waals surface area contributed by atoms with Crippen molar-refractivity contribution < 1.29 is 4.74 Å². The largest absolute Gasteiger partial charge is 0.399 e. The van der Waals surface area contributed by atoms with E-state index in [1.54, 1.807) is 0 Å². The number of hydrogen-bond acceptors (Lipinski definition) is 4. The zero-order chi connectivity index (χ0) is 14.7. The molecule has 1 aliphatic heterocycles. The van der Waals surface area contributed by atoms with E-state index in [0.29, 0.717) is 17.6 Å². The van der Waals surface area contributed by atoms with E-state index in [-0.39, 0.29) is 6.10 Å². The predicted octanol–water partition coefficient (Wildman–Crippen LogP) is 2.14. The van der Waals surface area contributed by atoms with Gasteiger partial charge in [-0.05, 0) is 37.1 Å². The Morgan fingerprint density at radius 3 is 2.70 bits per heavy atom. The summed E-state index contributed by atoms with van der Waals surface area (Å²) in [6.45, 7) is 6.29. The number of ether oxygens (including phenoxy) is 1. The minimum absolute atomic E-state index is 0.217. The molecule has 0 saturated carbocycles. The standard InChI is InChI=1S/C16H27N3O/c1-11(2)6-14-10-20-15(9-19(14)3)7-12-4-5-13(17)8-16(12)18/h4-5,8,11,14-15H,6-7,9-10,17-18H2,1-3H3. The van der Waals surface area contributed by atoms with Crippen molar-refractivity contribution in [3.05, 3.63) is 23.8 Å². The second kappa shape index (κ2) is 6.46. The van der Waals surface area contributed by atoms with Crippen molar-refractivity contribution in [1.29, 1.82) is 0 Å². The van der Waals surface area contributed by atoms with Crippen LogP contribution in [0.1, 0.15) is 25.8 Å². The molecule has 0 aromatic heterocycles. The molecule has 0 bridgehead atoms. The molecule has 0 amide bonds. The maximum Gasteiger partial charge on any atom is 0.0743 e. The topological polar surface area (TPSA) is 64.5 Å². The van der Waals surface area contributed by atoms with Crippen molar-refractivity contribution >= 4 is 11.4 Å². The number of likely N-dealkylation sites (N-methyl/N-ethyl adjacent to an activating group) is 1. The van der Waals surface area contributed by atoms with Crippen LogP contribution in [0.3, 0.4) is 0 Å². The Morgan fingerprint density at radius 2 is 2.10 bits per heavy atom. The quantitative estimate of drug-likeness (QED) is 0.828. The van der Waals surface area contributed by atoms with E-state index in [0.717, 1.165) is 30.8 Å². The maximum absolute atomic E-state index is 6.02. The van der Waals surface area contributed by atoms with Crippen molar-refractivity contribution in [2.75, 3.05) is 31.7 Å². The minimum atomic E-state index is 0.217. The molecule has 1 aliphatic rings. The predicted molar refractivity (Wildman–Crippen MR) is 84.6 cm³/mol. The monoisotopic (exact) mass is 277 g/mol. The number of anilines is 2. The summed E-state index contributed by atoms with van der Waals surface area (Å²) < 4.78 is 6.02. The van der Waals surface area contributed by atoms with E-state index >= 15 is 0 Å². The molecule has 1 aromatic rings. The first kappa shape index (κ1) is 15.1. The normalized spacial score (nSPS) is 24.2. The molecule has 0 spiro atoms. The first-order chi connectivity index (χ1) is 9.45. The highest BCUT2D eigenvalue weighted by Gasteiger charge is 2.27. The van der Waals surface area contributed by atoms with Gasteiger partial charge >= 0.3 is 0 Å². The van der Waals surface area contributed by atoms with E-state index in [9.17, 15) is 0 Å². The molecule has 20 heavy (non-hydrogen) atoms. The third-order valence-corrected chi connectivity index (χ3v) is 4.00. The van der Waals surface area contributed by atoms with Crippen molar-refractivity contribution in [3.8, 4) is 0 Å². The first-order valence-electron chi connectivity index (χ1n) is 7.41. The molecule has 1 aromatic carbocycles. The number of benzene rings is 1. The average molecular weight is 277 g/mol. The van der Waals surface area contributed by atoms with Crippen LogP contribution in [-0.4, -0.2) is 37.2 Å². The van der Waals surface area contributed by atoms with Gasteiger partial charge in [0.2, 0.25) is 0 Å². The van der Waals surface area contributed by atoms with E-state index in [2.05, 4.69) is 25.8 Å². The average Bonchev–Trinajstić information content (AvgIpc) is 2.36. The highest BCUT2D eigenvalue weighted by molar-refractivity contribution is 5.56. The molecule has 4 heteroatoms. The molecule has 1 saturated heterocycles. The highest BCUT2D eigenvalue weighted by atomic mass is 16.5. The molecule has 1 heterocycles. The van der Waals surface area contributed by atoms with Crippen molar-refractivity contribution in [2.24, 2.45) is 5.92 Å². The number of nitrogens with two attached hydrogens (primary N) is 2. The molecular formula is C16H27N3O.